The third kappa shape index (κ3) is 4.51. The van der Waals surface area contributed by atoms with E-state index in [2.05, 4.69) is 15.6 Å². The lowest BCUT2D eigenvalue weighted by molar-refractivity contribution is -0.149. The van der Waals surface area contributed by atoms with E-state index in [0.717, 1.165) is 0 Å². The van der Waals surface area contributed by atoms with Crippen LogP contribution in [0.4, 0.5) is 5.82 Å². The molecule has 0 saturated carbocycles. The predicted molar refractivity (Wildman–Crippen MR) is 80.3 cm³/mol. The summed E-state index contributed by atoms with van der Waals surface area (Å²) in [5.74, 6) is -0.273. The highest BCUT2D eigenvalue weighted by atomic mass is 16.5. The van der Waals surface area contributed by atoms with E-state index in [1.807, 2.05) is 0 Å². The molecule has 126 valence electrons. The number of methoxy groups -OCH3 is 1. The van der Waals surface area contributed by atoms with Gasteiger partial charge in [0, 0.05) is 19.5 Å². The molecule has 9 nitrogen and oxygen atoms in total. The van der Waals surface area contributed by atoms with Crippen molar-refractivity contribution >= 4 is 23.6 Å². The molecule has 0 spiro atoms. The highest BCUT2D eigenvalue weighted by molar-refractivity contribution is 5.89. The van der Waals surface area contributed by atoms with Crippen LogP contribution in [0.15, 0.2) is 6.20 Å². The molecule has 0 atom stereocenters. The van der Waals surface area contributed by atoms with Gasteiger partial charge in [-0.1, -0.05) is 12.1 Å². The van der Waals surface area contributed by atoms with Crippen LogP contribution in [0.1, 0.15) is 26.2 Å². The molecule has 1 aromatic heterocycles. The summed E-state index contributed by atoms with van der Waals surface area (Å²) >= 11 is 0. The second kappa shape index (κ2) is 7.70. The second-order valence-electron chi connectivity index (χ2n) is 5.38. The normalized spacial score (nSPS) is 15.3. The molecular weight excluding hydrogens is 302 g/mol. The zero-order chi connectivity index (χ0) is 16.8. The van der Waals surface area contributed by atoms with E-state index >= 15 is 0 Å². The molecule has 0 bridgehead atoms. The standard InChI is InChI=1S/C14H21N5O4/c1-3-12(20)15-11-8-19(17-16-11)9-13(21)18-6-4-10(5-7-18)14(22)23-2/h8,10H,3-7,9H2,1-2H3,(H,15,20). The number of carbonyl (C=O) groups excluding carboxylic acids is 3. The van der Waals surface area contributed by atoms with Crippen LogP contribution < -0.4 is 5.32 Å². The van der Waals surface area contributed by atoms with Gasteiger partial charge in [0.25, 0.3) is 0 Å². The maximum absolute atomic E-state index is 12.2. The lowest BCUT2D eigenvalue weighted by atomic mass is 9.97. The first-order valence-corrected chi connectivity index (χ1v) is 7.59. The number of carbonyl (C=O) groups is 3. The second-order valence-corrected chi connectivity index (χ2v) is 5.38. The Hall–Kier alpha value is -2.45. The molecule has 0 aliphatic carbocycles. The number of anilines is 1. The first-order chi connectivity index (χ1) is 11.0. The SMILES string of the molecule is CCC(=O)Nc1cn(CC(=O)N2CCC(C(=O)OC)CC2)nn1. The molecule has 1 aromatic rings. The Morgan fingerprint density at radius 1 is 1.35 bits per heavy atom. The van der Waals surface area contributed by atoms with Gasteiger partial charge in [-0.3, -0.25) is 14.4 Å². The van der Waals surface area contributed by atoms with Gasteiger partial charge >= 0.3 is 5.97 Å². The van der Waals surface area contributed by atoms with Crippen LogP contribution in [0, 0.1) is 5.92 Å². The van der Waals surface area contributed by atoms with Crippen LogP contribution in [0.3, 0.4) is 0 Å². The van der Waals surface area contributed by atoms with Crippen molar-refractivity contribution in [2.45, 2.75) is 32.7 Å². The number of hydrogen-bond donors (Lipinski definition) is 1. The molecule has 1 N–H and O–H groups in total. The third-order valence-corrected chi connectivity index (χ3v) is 3.81. The highest BCUT2D eigenvalue weighted by Crippen LogP contribution is 2.18. The molecule has 1 fully saturated rings. The lowest BCUT2D eigenvalue weighted by Crippen LogP contribution is -2.42. The van der Waals surface area contributed by atoms with Gasteiger partial charge in [-0.2, -0.15) is 0 Å². The molecular formula is C14H21N5O4. The molecule has 23 heavy (non-hydrogen) atoms. The molecule has 1 saturated heterocycles. The first kappa shape index (κ1) is 16.9. The fourth-order valence-electron chi connectivity index (χ4n) is 2.43. The topological polar surface area (TPSA) is 106 Å². The number of ether oxygens (including phenoxy) is 1. The van der Waals surface area contributed by atoms with Gasteiger partial charge in [-0.15, -0.1) is 5.10 Å². The Morgan fingerprint density at radius 3 is 2.65 bits per heavy atom. The van der Waals surface area contributed by atoms with Crippen molar-refractivity contribution in [3.05, 3.63) is 6.20 Å². The van der Waals surface area contributed by atoms with Gasteiger partial charge in [0.1, 0.15) is 6.54 Å². The summed E-state index contributed by atoms with van der Waals surface area (Å²) in [7, 11) is 1.37. The van der Waals surface area contributed by atoms with Crippen LogP contribution in [-0.2, 0) is 25.7 Å². The number of esters is 1. The maximum atomic E-state index is 12.2. The average Bonchev–Trinajstić information content (AvgIpc) is 3.00. The summed E-state index contributed by atoms with van der Waals surface area (Å²) in [6.45, 7) is 2.83. The Balaban J connectivity index is 1.83. The maximum Gasteiger partial charge on any atom is 0.308 e. The summed E-state index contributed by atoms with van der Waals surface area (Å²) < 4.78 is 6.11. The molecule has 2 amide bonds. The lowest BCUT2D eigenvalue weighted by Gasteiger charge is -2.30. The van der Waals surface area contributed by atoms with E-state index in [4.69, 9.17) is 4.74 Å². The van der Waals surface area contributed by atoms with Crippen molar-refractivity contribution in [1.29, 1.82) is 0 Å². The van der Waals surface area contributed by atoms with Gasteiger partial charge in [-0.05, 0) is 12.8 Å². The fourth-order valence-corrected chi connectivity index (χ4v) is 2.43. The molecule has 1 aliphatic rings. The Labute approximate surface area is 134 Å². The van der Waals surface area contributed by atoms with E-state index < -0.39 is 0 Å². The van der Waals surface area contributed by atoms with Gasteiger partial charge in [0.15, 0.2) is 5.82 Å². The zero-order valence-corrected chi connectivity index (χ0v) is 13.3. The first-order valence-electron chi connectivity index (χ1n) is 7.59. The number of nitrogens with one attached hydrogen (secondary N) is 1. The minimum Gasteiger partial charge on any atom is -0.469 e. The van der Waals surface area contributed by atoms with E-state index in [9.17, 15) is 14.4 Å². The van der Waals surface area contributed by atoms with E-state index in [1.54, 1.807) is 11.8 Å². The molecule has 0 aromatic carbocycles. The summed E-state index contributed by atoms with van der Waals surface area (Å²) in [6.07, 6.45) is 3.08. The largest absolute Gasteiger partial charge is 0.469 e. The Morgan fingerprint density at radius 2 is 2.04 bits per heavy atom. The smallest absolute Gasteiger partial charge is 0.308 e. The van der Waals surface area contributed by atoms with Crippen molar-refractivity contribution in [2.24, 2.45) is 5.92 Å². The zero-order valence-electron chi connectivity index (χ0n) is 13.3. The van der Waals surface area contributed by atoms with Crippen LogP contribution in [0.2, 0.25) is 0 Å². The minimum atomic E-state index is -0.218. The number of piperidine rings is 1. The van der Waals surface area contributed by atoms with Crippen molar-refractivity contribution < 1.29 is 19.1 Å². The van der Waals surface area contributed by atoms with Crippen molar-refractivity contribution in [1.82, 2.24) is 19.9 Å². The van der Waals surface area contributed by atoms with Gasteiger partial charge in [0.05, 0.1) is 19.2 Å². The highest BCUT2D eigenvalue weighted by Gasteiger charge is 2.28. The predicted octanol–water partition coefficient (Wildman–Crippen LogP) is 0.0382. The summed E-state index contributed by atoms with van der Waals surface area (Å²) in [6, 6.07) is 0. The minimum absolute atomic E-state index is 0.0535. The van der Waals surface area contributed by atoms with Crippen LogP contribution in [0.25, 0.3) is 0 Å². The molecule has 0 unspecified atom stereocenters. The molecule has 0 radical (unpaired) electrons. The molecule has 9 heteroatoms. The van der Waals surface area contributed by atoms with Crippen molar-refractivity contribution in [2.75, 3.05) is 25.5 Å². The monoisotopic (exact) mass is 323 g/mol. The van der Waals surface area contributed by atoms with Gasteiger partial charge in [-0.25, -0.2) is 4.68 Å². The number of amides is 2. The Kier molecular flexibility index (Phi) is 5.67. The number of hydrogen-bond acceptors (Lipinski definition) is 6. The van der Waals surface area contributed by atoms with Gasteiger partial charge < -0.3 is 15.0 Å². The van der Waals surface area contributed by atoms with Crippen LogP contribution >= 0.6 is 0 Å². The van der Waals surface area contributed by atoms with Gasteiger partial charge in [0.2, 0.25) is 11.8 Å². The summed E-state index contributed by atoms with van der Waals surface area (Å²) in [4.78, 5) is 36.7. The number of likely N-dealkylation sites (tertiary alicyclic amines) is 1. The molecule has 2 heterocycles. The van der Waals surface area contributed by atoms with Crippen LogP contribution in [-0.4, -0.2) is 57.9 Å². The van der Waals surface area contributed by atoms with Crippen molar-refractivity contribution in [3.8, 4) is 0 Å². The van der Waals surface area contributed by atoms with Crippen molar-refractivity contribution in [3.63, 3.8) is 0 Å². The number of nitrogens with zero attached hydrogens (tertiary/aromatic N) is 4. The average molecular weight is 323 g/mol. The fraction of sp³-hybridized carbons (Fsp3) is 0.643. The number of rotatable bonds is 5. The van der Waals surface area contributed by atoms with E-state index in [1.165, 1.54) is 18.0 Å². The summed E-state index contributed by atoms with van der Waals surface area (Å²) in [5, 5.41) is 10.2. The third-order valence-electron chi connectivity index (χ3n) is 3.81. The molecule has 2 rings (SSSR count). The Bertz CT molecular complexity index is 577. The van der Waals surface area contributed by atoms with E-state index in [0.29, 0.717) is 38.2 Å². The van der Waals surface area contributed by atoms with Crippen LogP contribution in [0.5, 0.6) is 0 Å². The van der Waals surface area contributed by atoms with E-state index in [-0.39, 0.29) is 30.2 Å². The molecule has 1 aliphatic heterocycles. The quantitative estimate of drug-likeness (QED) is 0.767. The number of aromatic nitrogens is 3. The summed E-state index contributed by atoms with van der Waals surface area (Å²) in [5.41, 5.74) is 0.